The molecule has 0 aliphatic carbocycles. The first-order valence-corrected chi connectivity index (χ1v) is 6.96. The lowest BCUT2D eigenvalue weighted by molar-refractivity contribution is 0.140. The third-order valence-corrected chi connectivity index (χ3v) is 3.86. The lowest BCUT2D eigenvalue weighted by Crippen LogP contribution is -2.30. The number of rotatable bonds is 4. The molecule has 1 N–H and O–H groups in total. The Morgan fingerprint density at radius 1 is 1.12 bits per heavy atom. The standard InChI is InChI=1S/C13H26N2O/c1(3-13-4-6-14-7-5-13)8-15-9-2-11-16-12-10-15/h13-14H,1-12H2. The monoisotopic (exact) mass is 226 g/mol. The van der Waals surface area contributed by atoms with E-state index in [-0.39, 0.29) is 0 Å². The van der Waals surface area contributed by atoms with Crippen molar-refractivity contribution in [3.63, 3.8) is 0 Å². The van der Waals surface area contributed by atoms with Crippen LogP contribution in [0.5, 0.6) is 0 Å². The second-order valence-corrected chi connectivity index (χ2v) is 5.14. The minimum absolute atomic E-state index is 0.938. The highest BCUT2D eigenvalue weighted by atomic mass is 16.5. The number of hydrogen-bond acceptors (Lipinski definition) is 3. The van der Waals surface area contributed by atoms with Crippen molar-refractivity contribution < 1.29 is 4.74 Å². The van der Waals surface area contributed by atoms with Crippen LogP contribution in [0, 0.1) is 5.92 Å². The van der Waals surface area contributed by atoms with Crippen LogP contribution in [-0.4, -0.2) is 50.8 Å². The van der Waals surface area contributed by atoms with Crippen LogP contribution in [0.2, 0.25) is 0 Å². The van der Waals surface area contributed by atoms with Gasteiger partial charge in [-0.05, 0) is 57.7 Å². The predicted molar refractivity (Wildman–Crippen MR) is 66.7 cm³/mol. The zero-order chi connectivity index (χ0) is 11.1. The topological polar surface area (TPSA) is 24.5 Å². The lowest BCUT2D eigenvalue weighted by Gasteiger charge is -2.24. The summed E-state index contributed by atoms with van der Waals surface area (Å²) >= 11 is 0. The maximum atomic E-state index is 5.47. The molecule has 0 bridgehead atoms. The van der Waals surface area contributed by atoms with Crippen LogP contribution in [0.25, 0.3) is 0 Å². The van der Waals surface area contributed by atoms with Crippen molar-refractivity contribution in [2.45, 2.75) is 32.1 Å². The minimum atomic E-state index is 0.938. The minimum Gasteiger partial charge on any atom is -0.380 e. The molecular formula is C13H26N2O. The van der Waals surface area contributed by atoms with Gasteiger partial charge < -0.3 is 15.0 Å². The van der Waals surface area contributed by atoms with Gasteiger partial charge in [-0.3, -0.25) is 0 Å². The summed E-state index contributed by atoms with van der Waals surface area (Å²) in [7, 11) is 0. The first-order valence-electron chi connectivity index (χ1n) is 6.96. The molecule has 0 spiro atoms. The van der Waals surface area contributed by atoms with Gasteiger partial charge in [-0.1, -0.05) is 0 Å². The van der Waals surface area contributed by atoms with Crippen molar-refractivity contribution in [1.82, 2.24) is 10.2 Å². The maximum Gasteiger partial charge on any atom is 0.0593 e. The Labute approximate surface area is 99.5 Å². The van der Waals surface area contributed by atoms with E-state index in [1.165, 1.54) is 58.3 Å². The number of hydrogen-bond donors (Lipinski definition) is 1. The van der Waals surface area contributed by atoms with E-state index in [0.717, 1.165) is 25.7 Å². The van der Waals surface area contributed by atoms with E-state index in [0.29, 0.717) is 0 Å². The van der Waals surface area contributed by atoms with Gasteiger partial charge in [0.2, 0.25) is 0 Å². The summed E-state index contributed by atoms with van der Waals surface area (Å²) in [5, 5.41) is 3.44. The number of ether oxygens (including phenoxy) is 1. The molecule has 2 rings (SSSR count). The maximum absolute atomic E-state index is 5.47. The van der Waals surface area contributed by atoms with Crippen LogP contribution < -0.4 is 5.32 Å². The van der Waals surface area contributed by atoms with Crippen LogP contribution in [0.1, 0.15) is 32.1 Å². The Morgan fingerprint density at radius 3 is 2.88 bits per heavy atom. The van der Waals surface area contributed by atoms with Gasteiger partial charge in [0.15, 0.2) is 0 Å². The van der Waals surface area contributed by atoms with Crippen molar-refractivity contribution in [2.75, 3.05) is 45.9 Å². The quantitative estimate of drug-likeness (QED) is 0.786. The van der Waals surface area contributed by atoms with Crippen LogP contribution >= 0.6 is 0 Å². The molecule has 3 nitrogen and oxygen atoms in total. The Balaban J connectivity index is 1.55. The molecule has 0 unspecified atom stereocenters. The molecule has 3 heteroatoms. The van der Waals surface area contributed by atoms with E-state index in [1.807, 2.05) is 0 Å². The van der Waals surface area contributed by atoms with Gasteiger partial charge in [0, 0.05) is 19.7 Å². The number of piperidine rings is 1. The summed E-state index contributed by atoms with van der Waals surface area (Å²) < 4.78 is 5.47. The fourth-order valence-corrected chi connectivity index (χ4v) is 2.80. The van der Waals surface area contributed by atoms with Crippen LogP contribution in [-0.2, 0) is 4.74 Å². The molecule has 0 saturated carbocycles. The molecule has 2 saturated heterocycles. The van der Waals surface area contributed by atoms with Gasteiger partial charge in [-0.2, -0.15) is 0 Å². The highest BCUT2D eigenvalue weighted by Crippen LogP contribution is 2.18. The third kappa shape index (κ3) is 4.40. The molecule has 0 aromatic carbocycles. The zero-order valence-corrected chi connectivity index (χ0v) is 10.4. The fourth-order valence-electron chi connectivity index (χ4n) is 2.80. The van der Waals surface area contributed by atoms with Crippen LogP contribution in [0.3, 0.4) is 0 Å². The van der Waals surface area contributed by atoms with Crippen molar-refractivity contribution in [3.05, 3.63) is 0 Å². The summed E-state index contributed by atoms with van der Waals surface area (Å²) in [6.45, 7) is 8.05. The smallest absolute Gasteiger partial charge is 0.0593 e. The van der Waals surface area contributed by atoms with E-state index >= 15 is 0 Å². The van der Waals surface area contributed by atoms with Crippen LogP contribution in [0.15, 0.2) is 0 Å². The summed E-state index contributed by atoms with van der Waals surface area (Å²) in [4.78, 5) is 2.58. The normalized spacial score (nSPS) is 25.5. The largest absolute Gasteiger partial charge is 0.380 e. The summed E-state index contributed by atoms with van der Waals surface area (Å²) in [6, 6.07) is 0. The second kappa shape index (κ2) is 7.25. The van der Waals surface area contributed by atoms with Gasteiger partial charge in [0.05, 0.1) is 6.61 Å². The molecule has 0 atom stereocenters. The van der Waals surface area contributed by atoms with Gasteiger partial charge in [0.25, 0.3) is 0 Å². The van der Waals surface area contributed by atoms with Gasteiger partial charge >= 0.3 is 0 Å². The fraction of sp³-hybridized carbons (Fsp3) is 1.00. The van der Waals surface area contributed by atoms with Gasteiger partial charge in [0.1, 0.15) is 0 Å². The van der Waals surface area contributed by atoms with Crippen molar-refractivity contribution >= 4 is 0 Å². The summed E-state index contributed by atoms with van der Waals surface area (Å²) in [5.74, 6) is 0.990. The molecule has 94 valence electrons. The molecule has 0 aromatic heterocycles. The second-order valence-electron chi connectivity index (χ2n) is 5.14. The number of nitrogens with one attached hydrogen (secondary N) is 1. The highest BCUT2D eigenvalue weighted by molar-refractivity contribution is 4.69. The molecule has 2 aliphatic rings. The van der Waals surface area contributed by atoms with E-state index in [1.54, 1.807) is 0 Å². The Bertz CT molecular complexity index is 173. The van der Waals surface area contributed by atoms with E-state index < -0.39 is 0 Å². The lowest BCUT2D eigenvalue weighted by atomic mass is 9.93. The Hall–Kier alpha value is -0.120. The van der Waals surface area contributed by atoms with Gasteiger partial charge in [-0.25, -0.2) is 0 Å². The number of nitrogens with zero attached hydrogens (tertiary/aromatic N) is 1. The summed E-state index contributed by atoms with van der Waals surface area (Å²) in [5.41, 5.74) is 0. The first-order chi connectivity index (χ1) is 7.95. The average Bonchev–Trinajstić information content (AvgIpc) is 2.59. The molecule has 0 radical (unpaired) electrons. The predicted octanol–water partition coefficient (Wildman–Crippen LogP) is 1.49. The average molecular weight is 226 g/mol. The molecule has 2 aliphatic heterocycles. The SMILES string of the molecule is C1COCCN(CCCC2CCNCC2)C1. The molecule has 2 heterocycles. The Morgan fingerprint density at radius 2 is 2.00 bits per heavy atom. The summed E-state index contributed by atoms with van der Waals surface area (Å²) in [6.07, 6.45) is 6.81. The zero-order valence-electron chi connectivity index (χ0n) is 10.4. The molecule has 0 amide bonds. The Kier molecular flexibility index (Phi) is 5.59. The van der Waals surface area contributed by atoms with Crippen molar-refractivity contribution in [1.29, 1.82) is 0 Å². The third-order valence-electron chi connectivity index (χ3n) is 3.86. The van der Waals surface area contributed by atoms with Gasteiger partial charge in [-0.15, -0.1) is 0 Å². The van der Waals surface area contributed by atoms with Crippen molar-refractivity contribution in [3.8, 4) is 0 Å². The molecule has 16 heavy (non-hydrogen) atoms. The van der Waals surface area contributed by atoms with E-state index in [4.69, 9.17) is 4.74 Å². The molecular weight excluding hydrogens is 200 g/mol. The molecule has 2 fully saturated rings. The first kappa shape index (κ1) is 12.3. The molecule has 0 aromatic rings. The highest BCUT2D eigenvalue weighted by Gasteiger charge is 2.14. The van der Waals surface area contributed by atoms with E-state index in [2.05, 4.69) is 10.2 Å². The van der Waals surface area contributed by atoms with Crippen molar-refractivity contribution in [2.24, 2.45) is 5.92 Å². The van der Waals surface area contributed by atoms with Crippen LogP contribution in [0.4, 0.5) is 0 Å². The van der Waals surface area contributed by atoms with E-state index in [9.17, 15) is 0 Å².